The van der Waals surface area contributed by atoms with Crippen LogP contribution in [-0.4, -0.2) is 19.8 Å². The van der Waals surface area contributed by atoms with Gasteiger partial charge in [0.05, 0.1) is 4.90 Å². The predicted molar refractivity (Wildman–Crippen MR) is 82.8 cm³/mol. The van der Waals surface area contributed by atoms with Crippen LogP contribution in [0, 0.1) is 13.8 Å². The third kappa shape index (κ3) is 3.74. The van der Waals surface area contributed by atoms with E-state index < -0.39 is 10.0 Å². The molecule has 112 valence electrons. The second-order valence-corrected chi connectivity index (χ2v) is 7.89. The number of alkyl halides is 1. The van der Waals surface area contributed by atoms with E-state index in [4.69, 9.17) is 11.6 Å². The van der Waals surface area contributed by atoms with Gasteiger partial charge in [-0.15, -0.1) is 11.6 Å². The summed E-state index contributed by atoms with van der Waals surface area (Å²) < 4.78 is 27.8. The first-order valence-corrected chi connectivity index (χ1v) is 9.06. The number of hydrogen-bond acceptors (Lipinski definition) is 2. The highest BCUT2D eigenvalue weighted by Crippen LogP contribution is 2.25. The lowest BCUT2D eigenvalue weighted by atomic mass is 10.1. The summed E-state index contributed by atoms with van der Waals surface area (Å²) in [5, 5.41) is -0.113. The first kappa shape index (κ1) is 15.8. The minimum Gasteiger partial charge on any atom is -0.207 e. The summed E-state index contributed by atoms with van der Waals surface area (Å²) in [5.41, 5.74) is 1.84. The summed E-state index contributed by atoms with van der Waals surface area (Å²) in [5.74, 6) is 0. The standard InChI is InChI=1S/C15H22ClNO2S/c1-11-8-9-15(12(2)10-11)20(18,19)17-14-7-5-3-4-6-13(14)16/h8-10,13-14,17H,3-7H2,1-2H3. The molecule has 2 atom stereocenters. The van der Waals surface area contributed by atoms with Crippen molar-refractivity contribution in [3.05, 3.63) is 29.3 Å². The first-order valence-electron chi connectivity index (χ1n) is 7.14. The Hall–Kier alpha value is -0.580. The number of benzene rings is 1. The monoisotopic (exact) mass is 315 g/mol. The van der Waals surface area contributed by atoms with Crippen LogP contribution in [0.15, 0.2) is 23.1 Å². The Balaban J connectivity index is 2.21. The van der Waals surface area contributed by atoms with Crippen LogP contribution in [0.3, 0.4) is 0 Å². The van der Waals surface area contributed by atoms with E-state index in [1.54, 1.807) is 6.07 Å². The fourth-order valence-electron chi connectivity index (χ4n) is 2.76. The summed E-state index contributed by atoms with van der Waals surface area (Å²) in [7, 11) is -3.49. The topological polar surface area (TPSA) is 46.2 Å². The maximum absolute atomic E-state index is 12.5. The molecule has 0 saturated heterocycles. The molecule has 1 fully saturated rings. The Morgan fingerprint density at radius 3 is 2.55 bits per heavy atom. The number of aryl methyl sites for hydroxylation is 2. The number of rotatable bonds is 3. The zero-order valence-corrected chi connectivity index (χ0v) is 13.6. The molecule has 0 bridgehead atoms. The summed E-state index contributed by atoms with van der Waals surface area (Å²) in [6.07, 6.45) is 4.93. The molecular weight excluding hydrogens is 294 g/mol. The van der Waals surface area contributed by atoms with Gasteiger partial charge in [-0.2, -0.15) is 0 Å². The molecule has 1 aromatic carbocycles. The third-order valence-corrected chi connectivity index (χ3v) is 6.03. The average Bonchev–Trinajstić information content (AvgIpc) is 2.54. The number of halogens is 1. The molecular formula is C15H22ClNO2S. The lowest BCUT2D eigenvalue weighted by Crippen LogP contribution is -2.40. The molecule has 2 rings (SSSR count). The van der Waals surface area contributed by atoms with Crippen LogP contribution in [0.4, 0.5) is 0 Å². The fraction of sp³-hybridized carbons (Fsp3) is 0.600. The molecule has 1 N–H and O–H groups in total. The van der Waals surface area contributed by atoms with Gasteiger partial charge in [0.15, 0.2) is 0 Å². The van der Waals surface area contributed by atoms with Gasteiger partial charge < -0.3 is 0 Å². The molecule has 0 aliphatic heterocycles. The Kier molecular flexibility index (Phi) is 5.10. The zero-order chi connectivity index (χ0) is 14.8. The van der Waals surface area contributed by atoms with E-state index in [1.807, 2.05) is 26.0 Å². The zero-order valence-electron chi connectivity index (χ0n) is 12.0. The molecule has 1 aromatic rings. The Morgan fingerprint density at radius 1 is 1.15 bits per heavy atom. The molecule has 1 saturated carbocycles. The minimum atomic E-state index is -3.49. The average molecular weight is 316 g/mol. The van der Waals surface area contributed by atoms with Crippen LogP contribution in [0.5, 0.6) is 0 Å². The Bertz CT molecular complexity index is 571. The van der Waals surface area contributed by atoms with Gasteiger partial charge in [-0.05, 0) is 38.3 Å². The maximum Gasteiger partial charge on any atom is 0.241 e. The molecule has 1 aliphatic rings. The van der Waals surface area contributed by atoms with E-state index in [9.17, 15) is 8.42 Å². The minimum absolute atomic E-state index is 0.113. The van der Waals surface area contributed by atoms with E-state index in [0.717, 1.165) is 43.2 Å². The molecule has 0 aromatic heterocycles. The highest BCUT2D eigenvalue weighted by Gasteiger charge is 2.27. The van der Waals surface area contributed by atoms with Crippen LogP contribution in [0.2, 0.25) is 0 Å². The second-order valence-electron chi connectivity index (χ2n) is 5.65. The van der Waals surface area contributed by atoms with Crippen molar-refractivity contribution in [2.24, 2.45) is 0 Å². The van der Waals surface area contributed by atoms with Gasteiger partial charge in [0.2, 0.25) is 10.0 Å². The SMILES string of the molecule is Cc1ccc(S(=O)(=O)NC2CCCCCC2Cl)c(C)c1. The summed E-state index contributed by atoms with van der Waals surface area (Å²) >= 11 is 6.32. The lowest BCUT2D eigenvalue weighted by molar-refractivity contribution is 0.514. The number of nitrogens with one attached hydrogen (secondary N) is 1. The van der Waals surface area contributed by atoms with E-state index in [2.05, 4.69) is 4.72 Å². The first-order chi connectivity index (χ1) is 9.40. The van der Waals surface area contributed by atoms with Gasteiger partial charge in [0.25, 0.3) is 0 Å². The van der Waals surface area contributed by atoms with Gasteiger partial charge in [0.1, 0.15) is 0 Å². The van der Waals surface area contributed by atoms with Crippen LogP contribution >= 0.6 is 11.6 Å². The van der Waals surface area contributed by atoms with E-state index in [1.165, 1.54) is 0 Å². The van der Waals surface area contributed by atoms with Crippen LogP contribution in [0.25, 0.3) is 0 Å². The van der Waals surface area contributed by atoms with Crippen molar-refractivity contribution in [2.45, 2.75) is 62.3 Å². The molecule has 5 heteroatoms. The number of sulfonamides is 1. The molecule has 0 radical (unpaired) electrons. The second kappa shape index (κ2) is 6.46. The van der Waals surface area contributed by atoms with E-state index in [0.29, 0.717) is 4.90 Å². The van der Waals surface area contributed by atoms with Crippen molar-refractivity contribution >= 4 is 21.6 Å². The largest absolute Gasteiger partial charge is 0.241 e. The molecule has 0 amide bonds. The summed E-state index contributed by atoms with van der Waals surface area (Å²) in [6, 6.07) is 5.23. The molecule has 3 nitrogen and oxygen atoms in total. The molecule has 0 heterocycles. The van der Waals surface area contributed by atoms with Crippen LogP contribution in [0.1, 0.15) is 43.2 Å². The predicted octanol–water partition coefficient (Wildman–Crippen LogP) is 3.52. The highest BCUT2D eigenvalue weighted by molar-refractivity contribution is 7.89. The van der Waals surface area contributed by atoms with Crippen molar-refractivity contribution in [3.8, 4) is 0 Å². The fourth-order valence-corrected chi connectivity index (χ4v) is 4.71. The van der Waals surface area contributed by atoms with Crippen LogP contribution < -0.4 is 4.72 Å². The van der Waals surface area contributed by atoms with Gasteiger partial charge in [-0.25, -0.2) is 13.1 Å². The smallest absolute Gasteiger partial charge is 0.207 e. The number of hydrogen-bond donors (Lipinski definition) is 1. The molecule has 1 aliphatic carbocycles. The summed E-state index contributed by atoms with van der Waals surface area (Å²) in [6.45, 7) is 3.78. The van der Waals surface area contributed by atoms with Crippen molar-refractivity contribution in [3.63, 3.8) is 0 Å². The van der Waals surface area contributed by atoms with Gasteiger partial charge in [-0.3, -0.25) is 0 Å². The quantitative estimate of drug-likeness (QED) is 0.685. The molecule has 20 heavy (non-hydrogen) atoms. The van der Waals surface area contributed by atoms with Crippen molar-refractivity contribution in [2.75, 3.05) is 0 Å². The van der Waals surface area contributed by atoms with Gasteiger partial charge >= 0.3 is 0 Å². The van der Waals surface area contributed by atoms with Gasteiger partial charge in [0, 0.05) is 11.4 Å². The Labute approximate surface area is 126 Å². The van der Waals surface area contributed by atoms with Crippen LogP contribution in [-0.2, 0) is 10.0 Å². The van der Waals surface area contributed by atoms with Crippen molar-refractivity contribution in [1.82, 2.24) is 4.72 Å². The Morgan fingerprint density at radius 2 is 1.85 bits per heavy atom. The van der Waals surface area contributed by atoms with E-state index in [-0.39, 0.29) is 11.4 Å². The lowest BCUT2D eigenvalue weighted by Gasteiger charge is -2.21. The van der Waals surface area contributed by atoms with Crippen molar-refractivity contribution < 1.29 is 8.42 Å². The maximum atomic E-state index is 12.5. The van der Waals surface area contributed by atoms with E-state index >= 15 is 0 Å². The molecule has 2 unspecified atom stereocenters. The molecule has 0 spiro atoms. The highest BCUT2D eigenvalue weighted by atomic mass is 35.5. The van der Waals surface area contributed by atoms with Gasteiger partial charge in [-0.1, -0.05) is 37.0 Å². The normalized spacial score (nSPS) is 24.4. The third-order valence-electron chi connectivity index (χ3n) is 3.86. The van der Waals surface area contributed by atoms with Crippen molar-refractivity contribution in [1.29, 1.82) is 0 Å². The summed E-state index contributed by atoms with van der Waals surface area (Å²) in [4.78, 5) is 0.358.